The average Bonchev–Trinajstić information content (AvgIpc) is 2.47. The molecule has 1 aliphatic rings. The van der Waals surface area contributed by atoms with Gasteiger partial charge in [0.25, 0.3) is 5.56 Å². The number of nitrogens with zero attached hydrogens (tertiary/aromatic N) is 2. The summed E-state index contributed by atoms with van der Waals surface area (Å²) in [5.41, 5.74) is -0.983. The van der Waals surface area contributed by atoms with E-state index in [2.05, 4.69) is 4.98 Å². The molecule has 7 heteroatoms. The number of nitrogens with one attached hydrogen (secondary N) is 1. The molecular formula is C13H9N3O4. The topological polar surface area (TPSA) is 97.1 Å². The van der Waals surface area contributed by atoms with E-state index in [1.165, 1.54) is 10.8 Å². The highest BCUT2D eigenvalue weighted by Gasteiger charge is 2.13. The Morgan fingerprint density at radius 2 is 1.95 bits per heavy atom. The van der Waals surface area contributed by atoms with Gasteiger partial charge in [-0.15, -0.1) is 0 Å². The van der Waals surface area contributed by atoms with E-state index >= 15 is 0 Å². The van der Waals surface area contributed by atoms with Crippen molar-refractivity contribution in [2.24, 2.45) is 0 Å². The summed E-state index contributed by atoms with van der Waals surface area (Å²) < 4.78 is 12.0. The van der Waals surface area contributed by atoms with Crippen LogP contribution in [-0.4, -0.2) is 22.8 Å². The fourth-order valence-corrected chi connectivity index (χ4v) is 1.92. The van der Waals surface area contributed by atoms with E-state index in [0.29, 0.717) is 30.4 Å². The lowest BCUT2D eigenvalue weighted by Gasteiger charge is -2.19. The molecule has 0 fully saturated rings. The standard InChI is InChI=1S/C13H9N3O4/c14-6-8-7-16(13(18)15-12(8)17)9-1-2-10-11(5-9)20-4-3-19-10/h1-2,5,7H,3-4H2,(H,15,17,18). The molecule has 1 aliphatic heterocycles. The molecule has 2 heterocycles. The van der Waals surface area contributed by atoms with E-state index in [1.807, 2.05) is 0 Å². The Morgan fingerprint density at radius 1 is 1.20 bits per heavy atom. The molecule has 0 atom stereocenters. The largest absolute Gasteiger partial charge is 0.486 e. The second kappa shape index (κ2) is 4.59. The van der Waals surface area contributed by atoms with Crippen LogP contribution >= 0.6 is 0 Å². The number of hydrogen-bond acceptors (Lipinski definition) is 5. The molecule has 0 amide bonds. The van der Waals surface area contributed by atoms with Crippen molar-refractivity contribution in [1.82, 2.24) is 9.55 Å². The number of H-pyrrole nitrogens is 1. The maximum atomic E-state index is 11.8. The lowest BCUT2D eigenvalue weighted by Crippen LogP contribution is -2.30. The predicted octanol–water partition coefficient (Wildman–Crippen LogP) is 0.169. The summed E-state index contributed by atoms with van der Waals surface area (Å²) in [5, 5.41) is 8.84. The molecule has 0 aliphatic carbocycles. The van der Waals surface area contributed by atoms with Gasteiger partial charge in [0.05, 0.1) is 5.69 Å². The molecule has 0 radical (unpaired) electrons. The summed E-state index contributed by atoms with van der Waals surface area (Å²) in [6.07, 6.45) is 1.20. The van der Waals surface area contributed by atoms with Gasteiger partial charge in [0.2, 0.25) is 0 Å². The molecule has 2 aromatic rings. The number of aromatic amines is 1. The molecule has 1 N–H and O–H groups in total. The van der Waals surface area contributed by atoms with Gasteiger partial charge in [-0.1, -0.05) is 0 Å². The Labute approximate surface area is 112 Å². The van der Waals surface area contributed by atoms with Gasteiger partial charge < -0.3 is 9.47 Å². The molecule has 1 aromatic heterocycles. The van der Waals surface area contributed by atoms with Gasteiger partial charge in [-0.2, -0.15) is 5.26 Å². The normalized spacial score (nSPS) is 12.8. The van der Waals surface area contributed by atoms with Crippen molar-refractivity contribution >= 4 is 0 Å². The fourth-order valence-electron chi connectivity index (χ4n) is 1.92. The first-order valence-electron chi connectivity index (χ1n) is 5.85. The van der Waals surface area contributed by atoms with E-state index < -0.39 is 11.2 Å². The highest BCUT2D eigenvalue weighted by atomic mass is 16.6. The number of aromatic nitrogens is 2. The van der Waals surface area contributed by atoms with Crippen LogP contribution < -0.4 is 20.7 Å². The third kappa shape index (κ3) is 1.93. The molecule has 0 saturated heterocycles. The Kier molecular flexibility index (Phi) is 2.76. The van der Waals surface area contributed by atoms with Crippen molar-refractivity contribution < 1.29 is 9.47 Å². The Bertz CT molecular complexity index is 829. The first kappa shape index (κ1) is 12.0. The Balaban J connectivity index is 2.17. The van der Waals surface area contributed by atoms with Crippen molar-refractivity contribution in [1.29, 1.82) is 5.26 Å². The number of benzene rings is 1. The van der Waals surface area contributed by atoms with Crippen LogP contribution in [0.1, 0.15) is 5.56 Å². The van der Waals surface area contributed by atoms with Gasteiger partial charge in [0.1, 0.15) is 24.8 Å². The van der Waals surface area contributed by atoms with Crippen molar-refractivity contribution in [3.05, 3.63) is 50.8 Å². The highest BCUT2D eigenvalue weighted by molar-refractivity contribution is 5.49. The van der Waals surface area contributed by atoms with Crippen molar-refractivity contribution in [3.63, 3.8) is 0 Å². The van der Waals surface area contributed by atoms with Gasteiger partial charge >= 0.3 is 5.69 Å². The van der Waals surface area contributed by atoms with Gasteiger partial charge in [-0.25, -0.2) is 4.79 Å². The molecule has 1 aromatic carbocycles. The summed E-state index contributed by atoms with van der Waals surface area (Å²) in [4.78, 5) is 25.2. The van der Waals surface area contributed by atoms with Crippen LogP contribution in [0.25, 0.3) is 5.69 Å². The molecule has 0 unspecified atom stereocenters. The first-order chi connectivity index (χ1) is 9.69. The lowest BCUT2D eigenvalue weighted by molar-refractivity contribution is 0.171. The second-order valence-electron chi connectivity index (χ2n) is 4.11. The zero-order valence-corrected chi connectivity index (χ0v) is 10.3. The van der Waals surface area contributed by atoms with Crippen LogP contribution in [0.4, 0.5) is 0 Å². The number of hydrogen-bond donors (Lipinski definition) is 1. The summed E-state index contributed by atoms with van der Waals surface area (Å²) >= 11 is 0. The van der Waals surface area contributed by atoms with E-state index in [4.69, 9.17) is 14.7 Å². The smallest absolute Gasteiger partial charge is 0.332 e. The quantitative estimate of drug-likeness (QED) is 0.797. The third-order valence-electron chi connectivity index (χ3n) is 2.87. The zero-order chi connectivity index (χ0) is 14.1. The van der Waals surface area contributed by atoms with Crippen LogP contribution in [0, 0.1) is 11.3 Å². The predicted molar refractivity (Wildman–Crippen MR) is 68.4 cm³/mol. The number of fused-ring (bicyclic) bond motifs is 1. The summed E-state index contributed by atoms with van der Waals surface area (Å²) in [6.45, 7) is 0.907. The van der Waals surface area contributed by atoms with Crippen LogP contribution in [0.2, 0.25) is 0 Å². The third-order valence-corrected chi connectivity index (χ3v) is 2.87. The fraction of sp³-hybridized carbons (Fsp3) is 0.154. The SMILES string of the molecule is N#Cc1cn(-c2ccc3c(c2)OCCO3)c(=O)[nH]c1=O. The molecule has 7 nitrogen and oxygen atoms in total. The van der Waals surface area contributed by atoms with E-state index in [-0.39, 0.29) is 5.56 Å². The number of nitriles is 1. The first-order valence-corrected chi connectivity index (χ1v) is 5.85. The monoisotopic (exact) mass is 271 g/mol. The number of ether oxygens (including phenoxy) is 2. The molecular weight excluding hydrogens is 262 g/mol. The van der Waals surface area contributed by atoms with Crippen LogP contribution in [0.5, 0.6) is 11.5 Å². The zero-order valence-electron chi connectivity index (χ0n) is 10.3. The van der Waals surface area contributed by atoms with Crippen molar-refractivity contribution in [2.45, 2.75) is 0 Å². The summed E-state index contributed by atoms with van der Waals surface area (Å²) in [7, 11) is 0. The lowest BCUT2D eigenvalue weighted by atomic mass is 10.2. The minimum atomic E-state index is -0.703. The maximum Gasteiger partial charge on any atom is 0.332 e. The average molecular weight is 271 g/mol. The minimum Gasteiger partial charge on any atom is -0.486 e. The maximum absolute atomic E-state index is 11.8. The summed E-state index contributed by atoms with van der Waals surface area (Å²) in [5.74, 6) is 1.11. The summed E-state index contributed by atoms with van der Waals surface area (Å²) in [6, 6.07) is 6.68. The van der Waals surface area contributed by atoms with Gasteiger partial charge in [-0.05, 0) is 12.1 Å². The van der Waals surface area contributed by atoms with Crippen molar-refractivity contribution in [3.8, 4) is 23.3 Å². The minimum absolute atomic E-state index is 0.139. The Morgan fingerprint density at radius 3 is 2.70 bits per heavy atom. The van der Waals surface area contributed by atoms with Crippen LogP contribution in [-0.2, 0) is 0 Å². The second-order valence-corrected chi connectivity index (χ2v) is 4.11. The number of rotatable bonds is 1. The van der Waals surface area contributed by atoms with Crippen LogP contribution in [0.3, 0.4) is 0 Å². The molecule has 100 valence electrons. The van der Waals surface area contributed by atoms with E-state index in [9.17, 15) is 9.59 Å². The van der Waals surface area contributed by atoms with Gasteiger partial charge in [-0.3, -0.25) is 14.3 Å². The Hall–Kier alpha value is -3.01. The molecule has 0 spiro atoms. The van der Waals surface area contributed by atoms with E-state index in [1.54, 1.807) is 24.3 Å². The molecule has 20 heavy (non-hydrogen) atoms. The van der Waals surface area contributed by atoms with Crippen LogP contribution in [0.15, 0.2) is 34.0 Å². The van der Waals surface area contributed by atoms with E-state index in [0.717, 1.165) is 0 Å². The van der Waals surface area contributed by atoms with Gasteiger partial charge in [0.15, 0.2) is 11.5 Å². The molecule has 3 rings (SSSR count). The van der Waals surface area contributed by atoms with Gasteiger partial charge in [0, 0.05) is 12.3 Å². The van der Waals surface area contributed by atoms with Crippen molar-refractivity contribution in [2.75, 3.05) is 13.2 Å². The molecule has 0 saturated carbocycles. The highest BCUT2D eigenvalue weighted by Crippen LogP contribution is 2.31. The molecule has 0 bridgehead atoms.